The van der Waals surface area contributed by atoms with E-state index in [-0.39, 0.29) is 12.5 Å². The van der Waals surface area contributed by atoms with E-state index in [0.717, 1.165) is 33.1 Å². The van der Waals surface area contributed by atoms with Crippen LogP contribution in [-0.2, 0) is 17.9 Å². The lowest BCUT2D eigenvalue weighted by Crippen LogP contribution is -2.27. The molecule has 1 amide bonds. The molecule has 0 atom stereocenters. The van der Waals surface area contributed by atoms with Crippen molar-refractivity contribution in [3.05, 3.63) is 66.2 Å². The molecule has 1 aromatic heterocycles. The molecule has 4 aromatic rings. The van der Waals surface area contributed by atoms with E-state index >= 15 is 0 Å². The zero-order valence-electron chi connectivity index (χ0n) is 14.3. The molecule has 0 saturated heterocycles. The average Bonchev–Trinajstić information content (AvgIpc) is 3.08. The second-order valence-corrected chi connectivity index (χ2v) is 6.06. The second-order valence-electron chi connectivity index (χ2n) is 6.06. The van der Waals surface area contributed by atoms with Gasteiger partial charge in [-0.05, 0) is 46.7 Å². The van der Waals surface area contributed by atoms with Gasteiger partial charge in [0.15, 0.2) is 0 Å². The van der Waals surface area contributed by atoms with E-state index in [1.54, 1.807) is 11.8 Å². The number of aromatic nitrogens is 3. The first-order chi connectivity index (χ1) is 12.7. The number of ether oxygens (including phenoxy) is 1. The summed E-state index contributed by atoms with van der Waals surface area (Å²) >= 11 is 0. The molecule has 0 spiro atoms. The summed E-state index contributed by atoms with van der Waals surface area (Å²) in [7, 11) is 1.66. The maximum Gasteiger partial charge on any atom is 0.242 e. The number of methoxy groups -OCH3 is 1. The van der Waals surface area contributed by atoms with Gasteiger partial charge in [-0.1, -0.05) is 35.5 Å². The number of carbonyl (C=O) groups is 1. The Bertz CT molecular complexity index is 1090. The molecule has 0 aliphatic rings. The molecule has 0 radical (unpaired) electrons. The van der Waals surface area contributed by atoms with E-state index in [9.17, 15) is 4.79 Å². The third kappa shape index (κ3) is 3.21. The van der Waals surface area contributed by atoms with Crippen LogP contribution >= 0.6 is 0 Å². The number of nitrogens with zero attached hydrogens (tertiary/aromatic N) is 3. The molecule has 0 bridgehead atoms. The van der Waals surface area contributed by atoms with Crippen LogP contribution in [0, 0.1) is 0 Å². The van der Waals surface area contributed by atoms with Gasteiger partial charge in [-0.3, -0.25) is 4.79 Å². The molecular weight excluding hydrogens is 328 g/mol. The molecule has 4 rings (SSSR count). The highest BCUT2D eigenvalue weighted by molar-refractivity contribution is 5.85. The van der Waals surface area contributed by atoms with Crippen LogP contribution in [0.15, 0.2) is 60.7 Å². The van der Waals surface area contributed by atoms with E-state index < -0.39 is 0 Å². The third-order valence-corrected chi connectivity index (χ3v) is 4.32. The van der Waals surface area contributed by atoms with Crippen LogP contribution in [-0.4, -0.2) is 28.0 Å². The van der Waals surface area contributed by atoms with Crippen LogP contribution in [0.1, 0.15) is 5.56 Å². The first-order valence-corrected chi connectivity index (χ1v) is 8.34. The van der Waals surface area contributed by atoms with Gasteiger partial charge in [-0.25, -0.2) is 4.68 Å². The number of nitrogens with one attached hydrogen (secondary N) is 1. The Balaban J connectivity index is 1.43. The Labute approximate surface area is 150 Å². The quantitative estimate of drug-likeness (QED) is 0.603. The molecule has 0 fully saturated rings. The Morgan fingerprint density at radius 1 is 1.08 bits per heavy atom. The Morgan fingerprint density at radius 2 is 1.88 bits per heavy atom. The lowest BCUT2D eigenvalue weighted by Gasteiger charge is -2.08. The normalized spacial score (nSPS) is 11.0. The van der Waals surface area contributed by atoms with Crippen molar-refractivity contribution in [2.24, 2.45) is 0 Å². The Kier molecular flexibility index (Phi) is 4.23. The van der Waals surface area contributed by atoms with Crippen molar-refractivity contribution in [2.45, 2.75) is 13.1 Å². The van der Waals surface area contributed by atoms with Crippen LogP contribution in [0.3, 0.4) is 0 Å². The largest absolute Gasteiger partial charge is 0.497 e. The maximum atomic E-state index is 12.3. The van der Waals surface area contributed by atoms with E-state index in [1.165, 1.54) is 0 Å². The maximum absolute atomic E-state index is 12.3. The number of hydrogen-bond donors (Lipinski definition) is 1. The molecule has 0 aliphatic heterocycles. The number of carbonyl (C=O) groups excluding carboxylic acids is 1. The van der Waals surface area contributed by atoms with Crippen molar-refractivity contribution in [3.8, 4) is 5.75 Å². The van der Waals surface area contributed by atoms with Crippen molar-refractivity contribution in [2.75, 3.05) is 7.11 Å². The number of hydrogen-bond acceptors (Lipinski definition) is 4. The van der Waals surface area contributed by atoms with Crippen molar-refractivity contribution in [3.63, 3.8) is 0 Å². The molecule has 1 N–H and O–H groups in total. The first-order valence-electron chi connectivity index (χ1n) is 8.34. The minimum absolute atomic E-state index is 0.101. The molecule has 130 valence electrons. The monoisotopic (exact) mass is 346 g/mol. The van der Waals surface area contributed by atoms with Crippen LogP contribution in [0.5, 0.6) is 5.75 Å². The van der Waals surface area contributed by atoms with Crippen LogP contribution in [0.25, 0.3) is 21.8 Å². The van der Waals surface area contributed by atoms with E-state index in [0.29, 0.717) is 6.54 Å². The van der Waals surface area contributed by atoms with Crippen LogP contribution in [0.4, 0.5) is 0 Å². The summed E-state index contributed by atoms with van der Waals surface area (Å²) in [6, 6.07) is 19.6. The summed E-state index contributed by atoms with van der Waals surface area (Å²) < 4.78 is 6.85. The Morgan fingerprint density at radius 3 is 2.77 bits per heavy atom. The van der Waals surface area contributed by atoms with Crippen LogP contribution in [0.2, 0.25) is 0 Å². The highest BCUT2D eigenvalue weighted by Gasteiger charge is 2.08. The standard InChI is InChI=1S/C20H18N4O2/c1-26-17-9-8-15-10-14(6-7-16(15)11-17)12-21-20(25)13-24-19-5-3-2-4-18(19)22-23-24/h2-11H,12-13H2,1H3,(H,21,25). The van der Waals surface area contributed by atoms with Gasteiger partial charge in [-0.2, -0.15) is 0 Å². The van der Waals surface area contributed by atoms with Crippen molar-refractivity contribution >= 4 is 27.7 Å². The molecule has 0 unspecified atom stereocenters. The fraction of sp³-hybridized carbons (Fsp3) is 0.150. The van der Waals surface area contributed by atoms with Gasteiger partial charge in [0.05, 0.1) is 12.6 Å². The summed E-state index contributed by atoms with van der Waals surface area (Å²) in [5, 5.41) is 13.3. The van der Waals surface area contributed by atoms with Crippen molar-refractivity contribution in [1.29, 1.82) is 0 Å². The fourth-order valence-electron chi connectivity index (χ4n) is 2.94. The third-order valence-electron chi connectivity index (χ3n) is 4.32. The molecule has 3 aromatic carbocycles. The average molecular weight is 346 g/mol. The smallest absolute Gasteiger partial charge is 0.242 e. The van der Waals surface area contributed by atoms with Crippen molar-refractivity contribution in [1.82, 2.24) is 20.3 Å². The summed E-state index contributed by atoms with van der Waals surface area (Å²) in [4.78, 5) is 12.3. The minimum Gasteiger partial charge on any atom is -0.497 e. The lowest BCUT2D eigenvalue weighted by atomic mass is 10.1. The highest BCUT2D eigenvalue weighted by Crippen LogP contribution is 2.21. The van der Waals surface area contributed by atoms with Gasteiger partial charge in [0, 0.05) is 6.54 Å². The zero-order valence-corrected chi connectivity index (χ0v) is 14.3. The van der Waals surface area contributed by atoms with Gasteiger partial charge in [-0.15, -0.1) is 5.10 Å². The molecular formula is C20H18N4O2. The van der Waals surface area contributed by atoms with Gasteiger partial charge >= 0.3 is 0 Å². The summed E-state index contributed by atoms with van der Waals surface area (Å²) in [6.07, 6.45) is 0. The molecule has 6 nitrogen and oxygen atoms in total. The summed E-state index contributed by atoms with van der Waals surface area (Å²) in [5.41, 5.74) is 2.67. The summed E-state index contributed by atoms with van der Waals surface area (Å²) in [6.45, 7) is 0.610. The predicted octanol–water partition coefficient (Wildman–Crippen LogP) is 2.91. The highest BCUT2D eigenvalue weighted by atomic mass is 16.5. The number of benzene rings is 3. The van der Waals surface area contributed by atoms with Gasteiger partial charge in [0.1, 0.15) is 17.8 Å². The summed E-state index contributed by atoms with van der Waals surface area (Å²) in [5.74, 6) is 0.731. The SMILES string of the molecule is COc1ccc2cc(CNC(=O)Cn3nnc4ccccc43)ccc2c1. The number of fused-ring (bicyclic) bond motifs is 2. The lowest BCUT2D eigenvalue weighted by molar-refractivity contribution is -0.121. The van der Waals surface area contributed by atoms with Gasteiger partial charge in [0.2, 0.25) is 5.91 Å². The molecule has 26 heavy (non-hydrogen) atoms. The van der Waals surface area contributed by atoms with Gasteiger partial charge in [0.25, 0.3) is 0 Å². The Hall–Kier alpha value is -3.41. The van der Waals surface area contributed by atoms with Gasteiger partial charge < -0.3 is 10.1 Å². The first kappa shape index (κ1) is 16.1. The topological polar surface area (TPSA) is 69.0 Å². The van der Waals surface area contributed by atoms with Crippen molar-refractivity contribution < 1.29 is 9.53 Å². The van der Waals surface area contributed by atoms with Crippen LogP contribution < -0.4 is 10.1 Å². The zero-order chi connectivity index (χ0) is 17.9. The predicted molar refractivity (Wildman–Crippen MR) is 99.9 cm³/mol. The molecule has 6 heteroatoms. The van der Waals surface area contributed by atoms with E-state index in [4.69, 9.17) is 4.74 Å². The van der Waals surface area contributed by atoms with E-state index in [2.05, 4.69) is 21.7 Å². The number of para-hydroxylation sites is 1. The fourth-order valence-corrected chi connectivity index (χ4v) is 2.94. The second kappa shape index (κ2) is 6.84. The molecule has 1 heterocycles. The number of rotatable bonds is 5. The minimum atomic E-state index is -0.101. The molecule has 0 saturated carbocycles. The van der Waals surface area contributed by atoms with E-state index in [1.807, 2.05) is 54.6 Å². The number of amides is 1. The molecule has 0 aliphatic carbocycles.